The number of benzene rings is 2. The number of hydrogen-bond donors (Lipinski definition) is 1. The maximum absolute atomic E-state index is 13.0. The number of amides is 2. The monoisotopic (exact) mass is 411 g/mol. The van der Waals surface area contributed by atoms with E-state index in [4.69, 9.17) is 9.47 Å². The van der Waals surface area contributed by atoms with E-state index in [1.54, 1.807) is 52.1 Å². The topological polar surface area (TPSA) is 71.1 Å². The average molecular weight is 412 g/mol. The van der Waals surface area contributed by atoms with Crippen LogP contribution >= 0.6 is 0 Å². The minimum atomic E-state index is -0.585. The van der Waals surface area contributed by atoms with Crippen molar-refractivity contribution >= 4 is 23.4 Å². The lowest BCUT2D eigenvalue weighted by atomic mass is 10.1. The fourth-order valence-electron chi connectivity index (χ4n) is 3.38. The largest absolute Gasteiger partial charge is 0.495 e. The zero-order valence-corrected chi connectivity index (χ0v) is 18.0. The first-order chi connectivity index (χ1) is 14.3. The van der Waals surface area contributed by atoms with E-state index < -0.39 is 11.7 Å². The van der Waals surface area contributed by atoms with E-state index in [2.05, 4.69) is 10.2 Å². The Morgan fingerprint density at radius 3 is 2.33 bits per heavy atom. The molecule has 160 valence electrons. The van der Waals surface area contributed by atoms with Crippen molar-refractivity contribution in [3.63, 3.8) is 0 Å². The molecule has 2 amide bonds. The number of anilines is 2. The molecule has 0 atom stereocenters. The third kappa shape index (κ3) is 5.43. The van der Waals surface area contributed by atoms with Crippen LogP contribution in [0.1, 0.15) is 31.1 Å². The van der Waals surface area contributed by atoms with Gasteiger partial charge in [0.25, 0.3) is 5.91 Å². The summed E-state index contributed by atoms with van der Waals surface area (Å²) in [5, 5.41) is 2.68. The first-order valence-corrected chi connectivity index (χ1v) is 10.0. The van der Waals surface area contributed by atoms with Gasteiger partial charge in [0.05, 0.1) is 12.8 Å². The summed E-state index contributed by atoms with van der Waals surface area (Å²) < 4.78 is 10.7. The van der Waals surface area contributed by atoms with Crippen molar-refractivity contribution < 1.29 is 19.1 Å². The van der Waals surface area contributed by atoms with Gasteiger partial charge in [0.2, 0.25) is 0 Å². The minimum absolute atomic E-state index is 0.0532. The second-order valence-electron chi connectivity index (χ2n) is 8.16. The van der Waals surface area contributed by atoms with Crippen LogP contribution in [-0.4, -0.2) is 55.8 Å². The van der Waals surface area contributed by atoms with Crippen LogP contribution in [-0.2, 0) is 4.74 Å². The third-order valence-electron chi connectivity index (χ3n) is 4.75. The molecule has 30 heavy (non-hydrogen) atoms. The molecule has 2 aromatic rings. The SMILES string of the molecule is COc1ccccc1N1CCN(C(=O)c2cccc(NC(=O)OC(C)(C)C)c2)CC1. The second-order valence-corrected chi connectivity index (χ2v) is 8.16. The van der Waals surface area contributed by atoms with Crippen molar-refractivity contribution in [1.29, 1.82) is 0 Å². The van der Waals surface area contributed by atoms with Gasteiger partial charge in [-0.1, -0.05) is 18.2 Å². The lowest BCUT2D eigenvalue weighted by molar-refractivity contribution is 0.0634. The van der Waals surface area contributed by atoms with Crippen molar-refractivity contribution in [2.45, 2.75) is 26.4 Å². The van der Waals surface area contributed by atoms with Crippen LogP contribution in [0.5, 0.6) is 5.75 Å². The van der Waals surface area contributed by atoms with Crippen LogP contribution in [0.2, 0.25) is 0 Å². The van der Waals surface area contributed by atoms with Gasteiger partial charge in [0, 0.05) is 37.4 Å². The van der Waals surface area contributed by atoms with Gasteiger partial charge in [-0.2, -0.15) is 0 Å². The highest BCUT2D eigenvalue weighted by molar-refractivity contribution is 5.96. The highest BCUT2D eigenvalue weighted by atomic mass is 16.6. The summed E-state index contributed by atoms with van der Waals surface area (Å²) in [6.07, 6.45) is -0.544. The molecule has 1 fully saturated rings. The van der Waals surface area contributed by atoms with E-state index in [-0.39, 0.29) is 5.91 Å². The smallest absolute Gasteiger partial charge is 0.412 e. The van der Waals surface area contributed by atoms with Crippen LogP contribution in [0.3, 0.4) is 0 Å². The Labute approximate surface area is 177 Å². The molecule has 0 radical (unpaired) electrons. The number of nitrogens with one attached hydrogen (secondary N) is 1. The molecule has 3 rings (SSSR count). The van der Waals surface area contributed by atoms with Crippen molar-refractivity contribution in [2.24, 2.45) is 0 Å². The number of methoxy groups -OCH3 is 1. The number of nitrogens with zero attached hydrogens (tertiary/aromatic N) is 2. The summed E-state index contributed by atoms with van der Waals surface area (Å²) in [6.45, 7) is 8.08. The number of rotatable bonds is 4. The molecular weight excluding hydrogens is 382 g/mol. The van der Waals surface area contributed by atoms with Gasteiger partial charge in [0.15, 0.2) is 0 Å². The van der Waals surface area contributed by atoms with Crippen molar-refractivity contribution in [3.05, 3.63) is 54.1 Å². The number of ether oxygens (including phenoxy) is 2. The summed E-state index contributed by atoms with van der Waals surface area (Å²) >= 11 is 0. The van der Waals surface area contributed by atoms with Crippen LogP contribution in [0.4, 0.5) is 16.2 Å². The molecule has 0 aromatic heterocycles. The molecule has 1 saturated heterocycles. The summed E-state index contributed by atoms with van der Waals surface area (Å²) in [6, 6.07) is 14.8. The molecule has 1 aliphatic heterocycles. The average Bonchev–Trinajstić information content (AvgIpc) is 2.72. The van der Waals surface area contributed by atoms with Gasteiger partial charge < -0.3 is 19.3 Å². The number of hydrogen-bond acceptors (Lipinski definition) is 5. The number of carbonyl (C=O) groups is 2. The van der Waals surface area contributed by atoms with Crippen molar-refractivity contribution in [2.75, 3.05) is 43.5 Å². The molecule has 2 aromatic carbocycles. The van der Waals surface area contributed by atoms with E-state index >= 15 is 0 Å². The summed E-state index contributed by atoms with van der Waals surface area (Å²) in [7, 11) is 1.66. The number of carbonyl (C=O) groups excluding carboxylic acids is 2. The highest BCUT2D eigenvalue weighted by Crippen LogP contribution is 2.28. The molecule has 0 saturated carbocycles. The summed E-state index contributed by atoms with van der Waals surface area (Å²) in [4.78, 5) is 29.0. The van der Waals surface area contributed by atoms with E-state index in [9.17, 15) is 9.59 Å². The van der Waals surface area contributed by atoms with Crippen molar-refractivity contribution in [1.82, 2.24) is 4.90 Å². The molecule has 0 unspecified atom stereocenters. The van der Waals surface area contributed by atoms with Crippen molar-refractivity contribution in [3.8, 4) is 5.75 Å². The maximum atomic E-state index is 13.0. The van der Waals surface area contributed by atoms with Gasteiger partial charge in [-0.3, -0.25) is 10.1 Å². The summed E-state index contributed by atoms with van der Waals surface area (Å²) in [5.74, 6) is 0.778. The van der Waals surface area contributed by atoms with Crippen LogP contribution in [0.15, 0.2) is 48.5 Å². The Balaban J connectivity index is 1.62. The van der Waals surface area contributed by atoms with E-state index in [0.29, 0.717) is 24.3 Å². The quantitative estimate of drug-likeness (QED) is 0.823. The highest BCUT2D eigenvalue weighted by Gasteiger charge is 2.24. The van der Waals surface area contributed by atoms with Gasteiger partial charge >= 0.3 is 6.09 Å². The molecule has 7 nitrogen and oxygen atoms in total. The summed E-state index contributed by atoms with van der Waals surface area (Å²) in [5.41, 5.74) is 1.52. The zero-order valence-electron chi connectivity index (χ0n) is 18.0. The standard InChI is InChI=1S/C23H29N3O4/c1-23(2,3)30-22(28)24-18-9-7-8-17(16-18)21(27)26-14-12-25(13-15-26)19-10-5-6-11-20(19)29-4/h5-11,16H,12-15H2,1-4H3,(H,24,28). The Morgan fingerprint density at radius 2 is 1.67 bits per heavy atom. The fraction of sp³-hybridized carbons (Fsp3) is 0.391. The van der Waals surface area contributed by atoms with Crippen LogP contribution < -0.4 is 15.0 Å². The van der Waals surface area contributed by atoms with Crippen LogP contribution in [0, 0.1) is 0 Å². The third-order valence-corrected chi connectivity index (χ3v) is 4.75. The van der Waals surface area contributed by atoms with E-state index in [1.807, 2.05) is 29.2 Å². The Morgan fingerprint density at radius 1 is 0.967 bits per heavy atom. The predicted octanol–water partition coefficient (Wildman–Crippen LogP) is 4.00. The zero-order chi connectivity index (χ0) is 21.7. The molecule has 1 heterocycles. The lowest BCUT2D eigenvalue weighted by Gasteiger charge is -2.36. The Hall–Kier alpha value is -3.22. The predicted molar refractivity (Wildman–Crippen MR) is 117 cm³/mol. The molecule has 0 aliphatic carbocycles. The van der Waals surface area contributed by atoms with Gasteiger partial charge in [-0.25, -0.2) is 4.79 Å². The molecule has 1 aliphatic rings. The molecular formula is C23H29N3O4. The second kappa shape index (κ2) is 9.07. The molecule has 7 heteroatoms. The van der Waals surface area contributed by atoms with Gasteiger partial charge in [-0.15, -0.1) is 0 Å². The molecule has 0 spiro atoms. The van der Waals surface area contributed by atoms with E-state index in [0.717, 1.165) is 24.5 Å². The number of piperazine rings is 1. The normalized spacial score (nSPS) is 14.3. The molecule has 1 N–H and O–H groups in total. The molecule has 0 bridgehead atoms. The maximum Gasteiger partial charge on any atom is 0.412 e. The fourth-order valence-corrected chi connectivity index (χ4v) is 3.38. The number of para-hydroxylation sites is 2. The van der Waals surface area contributed by atoms with Crippen LogP contribution in [0.25, 0.3) is 0 Å². The lowest BCUT2D eigenvalue weighted by Crippen LogP contribution is -2.48. The Bertz CT molecular complexity index is 899. The van der Waals surface area contributed by atoms with Gasteiger partial charge in [0.1, 0.15) is 11.4 Å². The Kier molecular flexibility index (Phi) is 6.50. The van der Waals surface area contributed by atoms with E-state index in [1.165, 1.54) is 0 Å². The first kappa shape index (κ1) is 21.5. The van der Waals surface area contributed by atoms with Gasteiger partial charge in [-0.05, 0) is 51.1 Å². The minimum Gasteiger partial charge on any atom is -0.495 e. The first-order valence-electron chi connectivity index (χ1n) is 10.0.